The Morgan fingerprint density at radius 1 is 1.08 bits per heavy atom. The topological polar surface area (TPSA) is 59.8 Å². The number of hydrogen-bond donors (Lipinski definition) is 1. The predicted molar refractivity (Wildman–Crippen MR) is 100 cm³/mol. The highest BCUT2D eigenvalue weighted by Crippen LogP contribution is 2.23. The molecule has 1 amide bonds. The maximum absolute atomic E-state index is 12.7. The molecule has 5 nitrogen and oxygen atoms in total. The molecular formula is C19H20N4OS. The Morgan fingerprint density at radius 3 is 2.56 bits per heavy atom. The summed E-state index contributed by atoms with van der Waals surface area (Å²) in [6.45, 7) is 2.41. The second-order valence-electron chi connectivity index (χ2n) is 5.49. The molecule has 0 unspecified atom stereocenters. The lowest BCUT2D eigenvalue weighted by molar-refractivity contribution is 0.0950. The molecule has 0 aliphatic carbocycles. The summed E-state index contributed by atoms with van der Waals surface area (Å²) in [4.78, 5) is 12.7. The van der Waals surface area contributed by atoms with Crippen LogP contribution in [0.5, 0.6) is 0 Å². The molecule has 25 heavy (non-hydrogen) atoms. The number of amides is 1. The molecule has 0 spiro atoms. The summed E-state index contributed by atoms with van der Waals surface area (Å²) in [6.07, 6.45) is 0. The molecule has 0 bridgehead atoms. The van der Waals surface area contributed by atoms with E-state index in [1.165, 1.54) is 0 Å². The highest BCUT2D eigenvalue weighted by Gasteiger charge is 2.14. The molecule has 0 saturated carbocycles. The summed E-state index contributed by atoms with van der Waals surface area (Å²) in [5.41, 5.74) is 2.59. The maximum atomic E-state index is 12.7. The first-order chi connectivity index (χ1) is 12.2. The zero-order valence-corrected chi connectivity index (χ0v) is 15.1. The summed E-state index contributed by atoms with van der Waals surface area (Å²) >= 11 is 1.63. The fraction of sp³-hybridized carbons (Fsp3) is 0.211. The molecule has 0 radical (unpaired) electrons. The monoisotopic (exact) mass is 352 g/mol. The van der Waals surface area contributed by atoms with E-state index in [1.54, 1.807) is 11.8 Å². The minimum Gasteiger partial charge on any atom is -0.345 e. The normalized spacial score (nSPS) is 10.6. The maximum Gasteiger partial charge on any atom is 0.252 e. The van der Waals surface area contributed by atoms with Gasteiger partial charge in [-0.2, -0.15) is 0 Å². The van der Waals surface area contributed by atoms with E-state index in [2.05, 4.69) is 22.4 Å². The first-order valence-electron chi connectivity index (χ1n) is 8.14. The Hall–Kier alpha value is -2.60. The van der Waals surface area contributed by atoms with Gasteiger partial charge in [0.25, 0.3) is 5.91 Å². The average Bonchev–Trinajstić information content (AvgIpc) is 3.01. The van der Waals surface area contributed by atoms with Crippen molar-refractivity contribution in [2.45, 2.75) is 18.6 Å². The van der Waals surface area contributed by atoms with Crippen molar-refractivity contribution in [2.24, 2.45) is 7.05 Å². The van der Waals surface area contributed by atoms with E-state index in [0.717, 1.165) is 27.9 Å². The lowest BCUT2D eigenvalue weighted by atomic mass is 9.99. The Balaban J connectivity index is 1.77. The van der Waals surface area contributed by atoms with Gasteiger partial charge >= 0.3 is 0 Å². The van der Waals surface area contributed by atoms with Gasteiger partial charge in [0, 0.05) is 12.6 Å². The van der Waals surface area contributed by atoms with Gasteiger partial charge in [-0.1, -0.05) is 67.2 Å². The van der Waals surface area contributed by atoms with Crippen LogP contribution in [0.25, 0.3) is 11.1 Å². The third-order valence-electron chi connectivity index (χ3n) is 3.86. The molecule has 0 saturated heterocycles. The van der Waals surface area contributed by atoms with Crippen molar-refractivity contribution in [3.05, 3.63) is 66.0 Å². The van der Waals surface area contributed by atoms with Crippen LogP contribution in [0.4, 0.5) is 0 Å². The Morgan fingerprint density at radius 2 is 1.80 bits per heavy atom. The number of benzene rings is 2. The third-order valence-corrected chi connectivity index (χ3v) is 4.76. The van der Waals surface area contributed by atoms with Gasteiger partial charge in [0.15, 0.2) is 11.0 Å². The highest BCUT2D eigenvalue weighted by molar-refractivity contribution is 7.99. The molecule has 0 aliphatic heterocycles. The molecule has 2 aromatic carbocycles. The van der Waals surface area contributed by atoms with Gasteiger partial charge in [-0.05, 0) is 22.9 Å². The van der Waals surface area contributed by atoms with Crippen LogP contribution >= 0.6 is 11.8 Å². The summed E-state index contributed by atoms with van der Waals surface area (Å²) in [5, 5.41) is 12.1. The van der Waals surface area contributed by atoms with Crippen LogP contribution in [-0.4, -0.2) is 26.4 Å². The molecule has 128 valence electrons. The van der Waals surface area contributed by atoms with E-state index in [0.29, 0.717) is 12.1 Å². The van der Waals surface area contributed by atoms with Gasteiger partial charge in [0.05, 0.1) is 6.54 Å². The van der Waals surface area contributed by atoms with Crippen LogP contribution in [0.15, 0.2) is 59.8 Å². The predicted octanol–water partition coefficient (Wildman–Crippen LogP) is 3.52. The largest absolute Gasteiger partial charge is 0.345 e. The Kier molecular flexibility index (Phi) is 5.50. The lowest BCUT2D eigenvalue weighted by Gasteiger charge is -2.10. The molecule has 0 atom stereocenters. The highest BCUT2D eigenvalue weighted by atomic mass is 32.2. The number of rotatable bonds is 6. The smallest absolute Gasteiger partial charge is 0.252 e. The van der Waals surface area contributed by atoms with Crippen molar-refractivity contribution in [1.82, 2.24) is 20.1 Å². The SMILES string of the molecule is CCSc1nnc(CNC(=O)c2ccccc2-c2ccccc2)n1C. The van der Waals surface area contributed by atoms with Crippen molar-refractivity contribution in [2.75, 3.05) is 5.75 Å². The van der Waals surface area contributed by atoms with E-state index in [4.69, 9.17) is 0 Å². The van der Waals surface area contributed by atoms with E-state index in [-0.39, 0.29) is 5.91 Å². The molecule has 0 aliphatic rings. The van der Waals surface area contributed by atoms with Crippen LogP contribution in [-0.2, 0) is 13.6 Å². The average molecular weight is 352 g/mol. The molecule has 1 heterocycles. The van der Waals surface area contributed by atoms with Crippen LogP contribution in [0, 0.1) is 0 Å². The third kappa shape index (κ3) is 3.91. The molecular weight excluding hydrogens is 332 g/mol. The van der Waals surface area contributed by atoms with Gasteiger partial charge in [-0.25, -0.2) is 0 Å². The zero-order valence-electron chi connectivity index (χ0n) is 14.3. The standard InChI is InChI=1S/C19H20N4OS/c1-3-25-19-22-21-17(23(19)2)13-20-18(24)16-12-8-7-11-15(16)14-9-5-4-6-10-14/h4-12H,3,13H2,1-2H3,(H,20,24). The number of thioether (sulfide) groups is 1. The second kappa shape index (κ2) is 7.98. The first-order valence-corrected chi connectivity index (χ1v) is 9.13. The summed E-state index contributed by atoms with van der Waals surface area (Å²) in [5.74, 6) is 1.55. The molecule has 1 N–H and O–H groups in total. The van der Waals surface area contributed by atoms with E-state index in [9.17, 15) is 4.79 Å². The summed E-state index contributed by atoms with van der Waals surface area (Å²) in [6, 6.07) is 17.5. The van der Waals surface area contributed by atoms with Crippen LogP contribution in [0.1, 0.15) is 23.1 Å². The molecule has 3 aromatic rings. The fourth-order valence-electron chi connectivity index (χ4n) is 2.56. The number of nitrogens with zero attached hydrogens (tertiary/aromatic N) is 3. The minimum absolute atomic E-state index is 0.118. The van der Waals surface area contributed by atoms with Crippen molar-refractivity contribution in [1.29, 1.82) is 0 Å². The number of carbonyl (C=O) groups is 1. The molecule has 3 rings (SSSR count). The summed E-state index contributed by atoms with van der Waals surface area (Å²) in [7, 11) is 1.91. The van der Waals surface area contributed by atoms with Crippen molar-refractivity contribution < 1.29 is 4.79 Å². The zero-order chi connectivity index (χ0) is 17.6. The minimum atomic E-state index is -0.118. The Bertz CT molecular complexity index is 861. The van der Waals surface area contributed by atoms with Gasteiger partial charge in [0.1, 0.15) is 0 Å². The first kappa shape index (κ1) is 17.2. The molecule has 1 aromatic heterocycles. The van der Waals surface area contributed by atoms with E-state index >= 15 is 0 Å². The van der Waals surface area contributed by atoms with Crippen LogP contribution in [0.2, 0.25) is 0 Å². The number of aromatic nitrogens is 3. The van der Waals surface area contributed by atoms with E-state index in [1.807, 2.05) is 66.2 Å². The van der Waals surface area contributed by atoms with Crippen LogP contribution < -0.4 is 5.32 Å². The second-order valence-corrected chi connectivity index (χ2v) is 6.72. The van der Waals surface area contributed by atoms with Gasteiger partial charge in [-0.15, -0.1) is 10.2 Å². The van der Waals surface area contributed by atoms with E-state index < -0.39 is 0 Å². The van der Waals surface area contributed by atoms with Crippen LogP contribution in [0.3, 0.4) is 0 Å². The van der Waals surface area contributed by atoms with Crippen molar-refractivity contribution >= 4 is 17.7 Å². The van der Waals surface area contributed by atoms with Gasteiger partial charge in [-0.3, -0.25) is 4.79 Å². The number of hydrogen-bond acceptors (Lipinski definition) is 4. The van der Waals surface area contributed by atoms with Gasteiger partial charge in [0.2, 0.25) is 0 Å². The Labute approximate surface area is 151 Å². The molecule has 6 heteroatoms. The fourth-order valence-corrected chi connectivity index (χ4v) is 3.21. The van der Waals surface area contributed by atoms with Gasteiger partial charge < -0.3 is 9.88 Å². The quantitative estimate of drug-likeness (QED) is 0.690. The van der Waals surface area contributed by atoms with Crippen molar-refractivity contribution in [3.63, 3.8) is 0 Å². The molecule has 0 fully saturated rings. The summed E-state index contributed by atoms with van der Waals surface area (Å²) < 4.78 is 1.91. The van der Waals surface area contributed by atoms with Crippen molar-refractivity contribution in [3.8, 4) is 11.1 Å². The number of carbonyl (C=O) groups excluding carboxylic acids is 1. The lowest BCUT2D eigenvalue weighted by Crippen LogP contribution is -2.25. The number of nitrogens with one attached hydrogen (secondary N) is 1.